The summed E-state index contributed by atoms with van der Waals surface area (Å²) >= 11 is 0. The first-order valence-corrected chi connectivity index (χ1v) is 6.60. The molecule has 0 radical (unpaired) electrons. The van der Waals surface area contributed by atoms with Gasteiger partial charge in [0.05, 0.1) is 0 Å². The second kappa shape index (κ2) is 13.1. The van der Waals surface area contributed by atoms with E-state index in [-0.39, 0.29) is 51.0 Å². The second-order valence-electron chi connectivity index (χ2n) is 4.86. The minimum absolute atomic E-state index is 0. The van der Waals surface area contributed by atoms with E-state index in [2.05, 4.69) is 58.9 Å². The Kier molecular flexibility index (Phi) is 16.6. The molecule has 0 spiro atoms. The van der Waals surface area contributed by atoms with Gasteiger partial charge in [-0.2, -0.15) is 17.2 Å². The van der Waals surface area contributed by atoms with Crippen molar-refractivity contribution in [2.75, 3.05) is 0 Å². The SMILES string of the molecule is CC1=[C-]C(C)C(C)=C1C.CCCC1=[C-]CC=C1.[Cl-].[Cl-].[Zr+4]. The Bertz CT molecular complexity index is 390. The van der Waals surface area contributed by atoms with Crippen LogP contribution in [0.15, 0.2) is 34.4 Å². The summed E-state index contributed by atoms with van der Waals surface area (Å²) in [6.45, 7) is 10.9. The van der Waals surface area contributed by atoms with Crippen molar-refractivity contribution in [3.8, 4) is 0 Å². The molecule has 0 saturated heterocycles. The van der Waals surface area contributed by atoms with Crippen LogP contribution in [0.25, 0.3) is 0 Å². The van der Waals surface area contributed by atoms with E-state index in [1.807, 2.05) is 0 Å². The molecule has 0 amide bonds. The van der Waals surface area contributed by atoms with Crippen LogP contribution < -0.4 is 24.8 Å². The molecule has 0 saturated carbocycles. The summed E-state index contributed by atoms with van der Waals surface area (Å²) in [5.41, 5.74) is 5.64. The number of hydrogen-bond acceptors (Lipinski definition) is 0. The van der Waals surface area contributed by atoms with E-state index in [0.717, 1.165) is 6.42 Å². The van der Waals surface area contributed by atoms with Crippen molar-refractivity contribution in [2.24, 2.45) is 5.92 Å². The van der Waals surface area contributed by atoms with Crippen molar-refractivity contribution in [2.45, 2.75) is 53.9 Å². The molecular formula is C17H24Cl2Zr. The van der Waals surface area contributed by atoms with Crippen LogP contribution in [0, 0.1) is 18.1 Å². The molecule has 0 aromatic rings. The van der Waals surface area contributed by atoms with Gasteiger partial charge in [0.15, 0.2) is 0 Å². The van der Waals surface area contributed by atoms with E-state index >= 15 is 0 Å². The molecular weight excluding hydrogens is 366 g/mol. The Hall–Kier alpha value is 0.423. The monoisotopic (exact) mass is 388 g/mol. The van der Waals surface area contributed by atoms with E-state index in [9.17, 15) is 0 Å². The van der Waals surface area contributed by atoms with Crippen molar-refractivity contribution in [1.82, 2.24) is 0 Å². The summed E-state index contributed by atoms with van der Waals surface area (Å²) in [7, 11) is 0. The zero-order valence-corrected chi connectivity index (χ0v) is 17.1. The van der Waals surface area contributed by atoms with Crippen LogP contribution in [-0.4, -0.2) is 0 Å². The van der Waals surface area contributed by atoms with Gasteiger partial charge in [0.1, 0.15) is 0 Å². The Morgan fingerprint density at radius 2 is 1.80 bits per heavy atom. The molecule has 0 aromatic heterocycles. The number of hydrogen-bond donors (Lipinski definition) is 0. The third-order valence-corrected chi connectivity index (χ3v) is 3.52. The van der Waals surface area contributed by atoms with Gasteiger partial charge >= 0.3 is 26.2 Å². The Morgan fingerprint density at radius 1 is 1.20 bits per heavy atom. The average Bonchev–Trinajstić information content (AvgIpc) is 2.87. The van der Waals surface area contributed by atoms with E-state index in [4.69, 9.17) is 0 Å². The second-order valence-corrected chi connectivity index (χ2v) is 4.86. The summed E-state index contributed by atoms with van der Waals surface area (Å²) in [5.74, 6) is 0.560. The van der Waals surface area contributed by atoms with Crippen molar-refractivity contribution >= 4 is 0 Å². The minimum Gasteiger partial charge on any atom is -1.00 e. The smallest absolute Gasteiger partial charge is 1.00 e. The molecule has 3 heteroatoms. The van der Waals surface area contributed by atoms with Gasteiger partial charge in [-0.3, -0.25) is 12.2 Å². The van der Waals surface area contributed by atoms with Gasteiger partial charge in [0.25, 0.3) is 0 Å². The van der Waals surface area contributed by atoms with Crippen LogP contribution in [0.1, 0.15) is 53.9 Å². The predicted octanol–water partition coefficient (Wildman–Crippen LogP) is -0.797. The van der Waals surface area contributed by atoms with Crippen molar-refractivity contribution < 1.29 is 51.0 Å². The maximum Gasteiger partial charge on any atom is 4.00 e. The third-order valence-electron chi connectivity index (χ3n) is 3.52. The molecule has 1 atom stereocenters. The number of halogens is 2. The quantitative estimate of drug-likeness (QED) is 0.542. The van der Waals surface area contributed by atoms with Crippen molar-refractivity contribution in [1.29, 1.82) is 0 Å². The largest absolute Gasteiger partial charge is 4.00 e. The molecule has 2 aliphatic carbocycles. The molecule has 0 nitrogen and oxygen atoms in total. The normalized spacial score (nSPS) is 18.9. The summed E-state index contributed by atoms with van der Waals surface area (Å²) in [4.78, 5) is 0. The standard InChI is InChI=1S/C9H13.C8H11.2ClH.Zr/c1-6-5-7(2)9(4)8(6)3;1-2-5-8-6-3-4-7-8;;;/h6H,1-4H3;3,6H,2,4-5H2,1H3;2*1H;/q2*-1;;;+4/p-2. The van der Waals surface area contributed by atoms with E-state index in [1.54, 1.807) is 0 Å². The molecule has 20 heavy (non-hydrogen) atoms. The molecule has 0 aliphatic heterocycles. The van der Waals surface area contributed by atoms with Crippen LogP contribution in [-0.2, 0) is 26.2 Å². The van der Waals surface area contributed by atoms with Crippen LogP contribution in [0.4, 0.5) is 0 Å². The average molecular weight is 391 g/mol. The fourth-order valence-electron chi connectivity index (χ4n) is 2.05. The Balaban J connectivity index is -0.000000252. The summed E-state index contributed by atoms with van der Waals surface area (Å²) in [6.07, 6.45) is 14.4. The third kappa shape index (κ3) is 8.01. The van der Waals surface area contributed by atoms with Crippen LogP contribution in [0.2, 0.25) is 0 Å². The van der Waals surface area contributed by atoms with Gasteiger partial charge in [-0.1, -0.05) is 46.5 Å². The fourth-order valence-corrected chi connectivity index (χ4v) is 2.05. The fraction of sp³-hybridized carbons (Fsp3) is 0.529. The molecule has 0 fully saturated rings. The maximum absolute atomic E-state index is 3.36. The summed E-state index contributed by atoms with van der Waals surface area (Å²) < 4.78 is 0. The molecule has 1 unspecified atom stereocenters. The molecule has 2 rings (SSSR count). The minimum atomic E-state index is 0. The zero-order valence-electron chi connectivity index (χ0n) is 13.1. The first-order chi connectivity index (χ1) is 8.06. The molecule has 0 aromatic carbocycles. The van der Waals surface area contributed by atoms with Gasteiger partial charge in [-0.05, 0) is 0 Å². The predicted molar refractivity (Wildman–Crippen MR) is 75.4 cm³/mol. The van der Waals surface area contributed by atoms with E-state index < -0.39 is 0 Å². The summed E-state index contributed by atoms with van der Waals surface area (Å²) in [6, 6.07) is 0. The molecule has 0 heterocycles. The van der Waals surface area contributed by atoms with Gasteiger partial charge in [0.2, 0.25) is 0 Å². The molecule has 0 N–H and O–H groups in total. The number of rotatable bonds is 2. The van der Waals surface area contributed by atoms with Gasteiger partial charge in [-0.15, -0.1) is 13.3 Å². The van der Waals surface area contributed by atoms with Crippen LogP contribution in [0.5, 0.6) is 0 Å². The topological polar surface area (TPSA) is 0 Å². The Morgan fingerprint density at radius 3 is 2.05 bits per heavy atom. The van der Waals surface area contributed by atoms with Crippen molar-refractivity contribution in [3.63, 3.8) is 0 Å². The first kappa shape index (κ1) is 25.4. The Labute approximate surface area is 156 Å². The van der Waals surface area contributed by atoms with Crippen LogP contribution >= 0.6 is 0 Å². The van der Waals surface area contributed by atoms with Gasteiger partial charge in [0, 0.05) is 0 Å². The molecule has 110 valence electrons. The first-order valence-electron chi connectivity index (χ1n) is 6.60. The van der Waals surface area contributed by atoms with Gasteiger partial charge < -0.3 is 24.8 Å². The molecule has 2 aliphatic rings. The van der Waals surface area contributed by atoms with Crippen molar-refractivity contribution in [3.05, 3.63) is 46.6 Å². The number of allylic oxidation sites excluding steroid dienone is 8. The summed E-state index contributed by atoms with van der Waals surface area (Å²) in [5, 5.41) is 0. The van der Waals surface area contributed by atoms with Crippen LogP contribution in [0.3, 0.4) is 0 Å². The zero-order chi connectivity index (χ0) is 12.8. The van der Waals surface area contributed by atoms with E-state index in [0.29, 0.717) is 5.92 Å². The van der Waals surface area contributed by atoms with Gasteiger partial charge in [-0.25, -0.2) is 17.2 Å². The molecule has 0 bridgehead atoms. The maximum atomic E-state index is 3.36. The van der Waals surface area contributed by atoms with E-state index in [1.165, 1.54) is 35.1 Å².